The molecule has 0 aliphatic heterocycles. The van der Waals surface area contributed by atoms with Crippen molar-refractivity contribution in [2.75, 3.05) is 0 Å². The smallest absolute Gasteiger partial charge is 0.424 e. The number of benzene rings is 1. The number of ether oxygens (including phenoxy) is 1. The average Bonchev–Trinajstić information content (AvgIpc) is 2.58. The Kier molecular flexibility index (Phi) is 4.59. The topological polar surface area (TPSA) is 47.9 Å². The van der Waals surface area contributed by atoms with E-state index in [9.17, 15) is 13.2 Å². The minimum absolute atomic E-state index is 0.0781. The van der Waals surface area contributed by atoms with E-state index < -0.39 is 11.9 Å². The summed E-state index contributed by atoms with van der Waals surface area (Å²) in [6.07, 6.45) is -0.552. The van der Waals surface area contributed by atoms with Gasteiger partial charge >= 0.3 is 12.2 Å². The van der Waals surface area contributed by atoms with Gasteiger partial charge in [-0.1, -0.05) is 29.3 Å². The summed E-state index contributed by atoms with van der Waals surface area (Å²) < 4.78 is 43.7. The van der Waals surface area contributed by atoms with Gasteiger partial charge in [0, 0.05) is 17.3 Å². The van der Waals surface area contributed by atoms with Crippen molar-refractivity contribution in [3.63, 3.8) is 0 Å². The average molecular weight is 366 g/mol. The summed E-state index contributed by atoms with van der Waals surface area (Å²) in [5.41, 5.74) is 1.03. The number of hydrogen-bond donors (Lipinski definition) is 0. The van der Waals surface area contributed by atoms with E-state index in [0.29, 0.717) is 21.9 Å². The quantitative estimate of drug-likeness (QED) is 0.631. The Labute approximate surface area is 146 Å². The van der Waals surface area contributed by atoms with Crippen LogP contribution in [0, 0.1) is 6.92 Å². The van der Waals surface area contributed by atoms with E-state index in [1.807, 2.05) is 13.0 Å². The largest absolute Gasteiger partial charge is 0.433 e. The predicted molar refractivity (Wildman–Crippen MR) is 86.5 cm³/mol. The molecule has 1 aromatic carbocycles. The van der Waals surface area contributed by atoms with Crippen LogP contribution in [-0.2, 0) is 6.18 Å². The number of rotatable bonds is 3. The first-order chi connectivity index (χ1) is 11.8. The van der Waals surface area contributed by atoms with Gasteiger partial charge in [-0.05, 0) is 25.1 Å². The standard InChI is InChI=1S/C17H11ClF3N3O/c1-10-2-4-14(25-16-23-8-12(18)9-24-16)13(6-10)11-3-5-15(22-7-11)17(19,20)21/h2-9H,1H3. The summed E-state index contributed by atoms with van der Waals surface area (Å²) in [7, 11) is 0. The Morgan fingerprint density at radius 2 is 1.68 bits per heavy atom. The fraction of sp³-hybridized carbons (Fsp3) is 0.118. The molecular weight excluding hydrogens is 355 g/mol. The molecule has 4 nitrogen and oxygen atoms in total. The second kappa shape index (κ2) is 6.68. The lowest BCUT2D eigenvalue weighted by atomic mass is 10.0. The lowest BCUT2D eigenvalue weighted by Gasteiger charge is -2.12. The van der Waals surface area contributed by atoms with Crippen LogP contribution in [0.1, 0.15) is 11.3 Å². The summed E-state index contributed by atoms with van der Waals surface area (Å²) in [6, 6.07) is 7.65. The van der Waals surface area contributed by atoms with Crippen LogP contribution in [0.15, 0.2) is 48.9 Å². The second-order valence-electron chi connectivity index (χ2n) is 5.22. The van der Waals surface area contributed by atoms with Crippen LogP contribution >= 0.6 is 11.6 Å². The van der Waals surface area contributed by atoms with E-state index in [0.717, 1.165) is 17.8 Å². The maximum atomic E-state index is 12.7. The normalized spacial score (nSPS) is 11.4. The molecule has 0 atom stereocenters. The maximum Gasteiger partial charge on any atom is 0.433 e. The lowest BCUT2D eigenvalue weighted by molar-refractivity contribution is -0.141. The Balaban J connectivity index is 1.98. The number of aromatic nitrogens is 3. The number of alkyl halides is 3. The van der Waals surface area contributed by atoms with Crippen molar-refractivity contribution in [3.8, 4) is 22.9 Å². The van der Waals surface area contributed by atoms with Gasteiger partial charge in [-0.2, -0.15) is 13.2 Å². The zero-order valence-electron chi connectivity index (χ0n) is 12.9. The second-order valence-corrected chi connectivity index (χ2v) is 5.65. The first-order valence-corrected chi connectivity index (χ1v) is 7.50. The molecule has 0 amide bonds. The zero-order chi connectivity index (χ0) is 18.0. The zero-order valence-corrected chi connectivity index (χ0v) is 13.6. The van der Waals surface area contributed by atoms with Crippen molar-refractivity contribution < 1.29 is 17.9 Å². The van der Waals surface area contributed by atoms with Crippen LogP contribution in [0.25, 0.3) is 11.1 Å². The molecule has 0 N–H and O–H groups in total. The van der Waals surface area contributed by atoms with E-state index >= 15 is 0 Å². The number of pyridine rings is 1. The van der Waals surface area contributed by atoms with Gasteiger partial charge in [-0.15, -0.1) is 0 Å². The van der Waals surface area contributed by atoms with E-state index in [2.05, 4.69) is 15.0 Å². The molecular formula is C17H11ClF3N3O. The SMILES string of the molecule is Cc1ccc(Oc2ncc(Cl)cn2)c(-c2ccc(C(F)(F)F)nc2)c1. The molecule has 0 spiro atoms. The third-order valence-electron chi connectivity index (χ3n) is 3.30. The van der Waals surface area contributed by atoms with Crippen molar-refractivity contribution >= 4 is 11.6 Å². The van der Waals surface area contributed by atoms with Gasteiger partial charge in [0.05, 0.1) is 17.4 Å². The van der Waals surface area contributed by atoms with Gasteiger partial charge in [0.15, 0.2) is 0 Å². The van der Waals surface area contributed by atoms with E-state index in [1.54, 1.807) is 12.1 Å². The van der Waals surface area contributed by atoms with Crippen LogP contribution in [0.5, 0.6) is 11.8 Å². The molecule has 0 saturated carbocycles. The first-order valence-electron chi connectivity index (χ1n) is 7.12. The molecule has 0 bridgehead atoms. The first kappa shape index (κ1) is 17.2. The van der Waals surface area contributed by atoms with Crippen molar-refractivity contribution in [2.24, 2.45) is 0 Å². The summed E-state index contributed by atoms with van der Waals surface area (Å²) in [5.74, 6) is 0.398. The molecule has 2 heterocycles. The molecule has 0 aliphatic rings. The highest BCUT2D eigenvalue weighted by molar-refractivity contribution is 6.30. The number of aryl methyl sites for hydroxylation is 1. The molecule has 8 heteroatoms. The Morgan fingerprint density at radius 3 is 2.28 bits per heavy atom. The maximum absolute atomic E-state index is 12.7. The molecule has 0 unspecified atom stereocenters. The Hall–Kier alpha value is -2.67. The van der Waals surface area contributed by atoms with Crippen LogP contribution in [0.2, 0.25) is 5.02 Å². The van der Waals surface area contributed by atoms with Gasteiger partial charge in [-0.3, -0.25) is 4.98 Å². The summed E-state index contributed by atoms with van der Waals surface area (Å²) in [4.78, 5) is 11.4. The van der Waals surface area contributed by atoms with Gasteiger partial charge < -0.3 is 4.74 Å². The van der Waals surface area contributed by atoms with Crippen LogP contribution in [-0.4, -0.2) is 15.0 Å². The van der Waals surface area contributed by atoms with Gasteiger partial charge in [0.2, 0.25) is 0 Å². The van der Waals surface area contributed by atoms with Crippen molar-refractivity contribution in [3.05, 3.63) is 65.2 Å². The molecule has 2 aromatic heterocycles. The van der Waals surface area contributed by atoms with E-state index in [-0.39, 0.29) is 6.01 Å². The van der Waals surface area contributed by atoms with Crippen molar-refractivity contribution in [1.82, 2.24) is 15.0 Å². The molecule has 0 aliphatic carbocycles. The molecule has 0 radical (unpaired) electrons. The van der Waals surface area contributed by atoms with Crippen molar-refractivity contribution in [2.45, 2.75) is 13.1 Å². The van der Waals surface area contributed by atoms with E-state index in [1.165, 1.54) is 18.5 Å². The molecule has 0 fully saturated rings. The highest BCUT2D eigenvalue weighted by atomic mass is 35.5. The Bertz CT molecular complexity index is 881. The van der Waals surface area contributed by atoms with Gasteiger partial charge in [-0.25, -0.2) is 9.97 Å². The molecule has 0 saturated heterocycles. The van der Waals surface area contributed by atoms with Crippen molar-refractivity contribution in [1.29, 1.82) is 0 Å². The molecule has 3 rings (SSSR count). The van der Waals surface area contributed by atoms with E-state index in [4.69, 9.17) is 16.3 Å². The summed E-state index contributed by atoms with van der Waals surface area (Å²) in [5, 5.41) is 0.364. The fourth-order valence-electron chi connectivity index (χ4n) is 2.13. The fourth-order valence-corrected chi connectivity index (χ4v) is 2.23. The molecule has 128 valence electrons. The lowest BCUT2D eigenvalue weighted by Crippen LogP contribution is -2.07. The number of nitrogens with zero attached hydrogens (tertiary/aromatic N) is 3. The monoisotopic (exact) mass is 365 g/mol. The highest BCUT2D eigenvalue weighted by Crippen LogP contribution is 2.34. The highest BCUT2D eigenvalue weighted by Gasteiger charge is 2.32. The van der Waals surface area contributed by atoms with Crippen LogP contribution < -0.4 is 4.74 Å². The molecule has 3 aromatic rings. The predicted octanol–water partition coefficient (Wildman–Crippen LogP) is 5.31. The Morgan fingerprint density at radius 1 is 0.960 bits per heavy atom. The van der Waals surface area contributed by atoms with Crippen LogP contribution in [0.4, 0.5) is 13.2 Å². The minimum atomic E-state index is -4.48. The van der Waals surface area contributed by atoms with Crippen LogP contribution in [0.3, 0.4) is 0 Å². The third kappa shape index (κ3) is 4.06. The number of hydrogen-bond acceptors (Lipinski definition) is 4. The van der Waals surface area contributed by atoms with Gasteiger partial charge in [0.25, 0.3) is 0 Å². The summed E-state index contributed by atoms with van der Waals surface area (Å²) in [6.45, 7) is 1.86. The number of halogens is 4. The third-order valence-corrected chi connectivity index (χ3v) is 3.49. The minimum Gasteiger partial charge on any atom is -0.424 e. The summed E-state index contributed by atoms with van der Waals surface area (Å²) >= 11 is 5.73. The molecule has 25 heavy (non-hydrogen) atoms. The van der Waals surface area contributed by atoms with Gasteiger partial charge in [0.1, 0.15) is 11.4 Å².